The van der Waals surface area contributed by atoms with Crippen LogP contribution < -0.4 is 5.73 Å². The highest BCUT2D eigenvalue weighted by atomic mass is 14.6. The maximum atomic E-state index is 5.64. The van der Waals surface area contributed by atoms with E-state index >= 15 is 0 Å². The summed E-state index contributed by atoms with van der Waals surface area (Å²) in [4.78, 5) is 4.17. The molecule has 0 fully saturated rings. The van der Waals surface area contributed by atoms with E-state index in [2.05, 4.69) is 18.0 Å². The van der Waals surface area contributed by atoms with Crippen LogP contribution in [0.3, 0.4) is 0 Å². The van der Waals surface area contributed by atoms with Crippen molar-refractivity contribution in [3.05, 3.63) is 41.7 Å². The number of fused-ring (bicyclic) bond motifs is 1. The Morgan fingerprint density at radius 3 is 2.85 bits per heavy atom. The molecule has 2 N–H and O–H groups in total. The van der Waals surface area contributed by atoms with E-state index in [0.717, 1.165) is 5.56 Å². The lowest BCUT2D eigenvalue weighted by atomic mass is 10.0. The molecule has 0 atom stereocenters. The molecule has 0 unspecified atom stereocenters. The van der Waals surface area contributed by atoms with Gasteiger partial charge in [-0.3, -0.25) is 4.98 Å². The number of benzene rings is 1. The van der Waals surface area contributed by atoms with Crippen molar-refractivity contribution in [2.24, 2.45) is 5.73 Å². The van der Waals surface area contributed by atoms with Crippen molar-refractivity contribution in [3.8, 4) is 0 Å². The molecule has 1 aromatic carbocycles. The minimum absolute atomic E-state index is 0.572. The molecule has 0 saturated heterocycles. The molecule has 2 nitrogen and oxygen atoms in total. The SMILES string of the molecule is Cc1cncc2c(CN)cccc12. The summed E-state index contributed by atoms with van der Waals surface area (Å²) in [5.41, 5.74) is 8.00. The molecule has 0 bridgehead atoms. The van der Waals surface area contributed by atoms with Gasteiger partial charge in [0.1, 0.15) is 0 Å². The van der Waals surface area contributed by atoms with Crippen LogP contribution in [0.25, 0.3) is 10.8 Å². The Balaban J connectivity index is 2.84. The first-order chi connectivity index (χ1) is 6.33. The third-order valence-corrected chi connectivity index (χ3v) is 2.31. The zero-order valence-corrected chi connectivity index (χ0v) is 7.62. The summed E-state index contributed by atoms with van der Waals surface area (Å²) in [6, 6.07) is 6.19. The first kappa shape index (κ1) is 8.20. The molecule has 0 saturated carbocycles. The summed E-state index contributed by atoms with van der Waals surface area (Å²) < 4.78 is 0. The van der Waals surface area contributed by atoms with Crippen LogP contribution in [-0.2, 0) is 6.54 Å². The second kappa shape index (κ2) is 3.15. The molecule has 0 aliphatic rings. The monoisotopic (exact) mass is 172 g/mol. The van der Waals surface area contributed by atoms with Crippen LogP contribution in [0, 0.1) is 6.92 Å². The van der Waals surface area contributed by atoms with Crippen molar-refractivity contribution in [1.29, 1.82) is 0 Å². The molecule has 2 rings (SSSR count). The van der Waals surface area contributed by atoms with Crippen LogP contribution in [0.4, 0.5) is 0 Å². The fourth-order valence-electron chi connectivity index (χ4n) is 1.58. The topological polar surface area (TPSA) is 38.9 Å². The van der Waals surface area contributed by atoms with Crippen LogP contribution in [0.2, 0.25) is 0 Å². The maximum Gasteiger partial charge on any atom is 0.0349 e. The van der Waals surface area contributed by atoms with Crippen LogP contribution in [0.15, 0.2) is 30.6 Å². The number of nitrogens with zero attached hydrogens (tertiary/aromatic N) is 1. The van der Waals surface area contributed by atoms with Gasteiger partial charge in [0, 0.05) is 24.3 Å². The highest BCUT2D eigenvalue weighted by Crippen LogP contribution is 2.19. The fraction of sp³-hybridized carbons (Fsp3) is 0.182. The molecule has 2 heteroatoms. The number of pyridine rings is 1. The minimum Gasteiger partial charge on any atom is -0.326 e. The van der Waals surface area contributed by atoms with E-state index in [0.29, 0.717) is 6.54 Å². The molecule has 13 heavy (non-hydrogen) atoms. The third-order valence-electron chi connectivity index (χ3n) is 2.31. The summed E-state index contributed by atoms with van der Waals surface area (Å²) in [7, 11) is 0. The normalized spacial score (nSPS) is 10.6. The fourth-order valence-corrected chi connectivity index (χ4v) is 1.58. The molecule has 66 valence electrons. The second-order valence-corrected chi connectivity index (χ2v) is 3.17. The standard InChI is InChI=1S/C11H12N2/c1-8-6-13-7-11-9(5-12)3-2-4-10(8)11/h2-4,6-7H,5,12H2,1H3. The number of hydrogen-bond donors (Lipinski definition) is 1. The summed E-state index contributed by atoms with van der Waals surface area (Å²) in [5, 5.41) is 2.42. The van der Waals surface area contributed by atoms with Crippen molar-refractivity contribution in [1.82, 2.24) is 4.98 Å². The van der Waals surface area contributed by atoms with Gasteiger partial charge >= 0.3 is 0 Å². The Kier molecular flexibility index (Phi) is 1.99. The molecule has 0 aliphatic carbocycles. The third kappa shape index (κ3) is 1.29. The Labute approximate surface area is 77.4 Å². The number of rotatable bonds is 1. The highest BCUT2D eigenvalue weighted by Gasteiger charge is 2.00. The summed E-state index contributed by atoms with van der Waals surface area (Å²) in [6.07, 6.45) is 3.76. The largest absolute Gasteiger partial charge is 0.326 e. The smallest absolute Gasteiger partial charge is 0.0349 e. The van der Waals surface area contributed by atoms with Gasteiger partial charge in [-0.1, -0.05) is 18.2 Å². The lowest BCUT2D eigenvalue weighted by Crippen LogP contribution is -1.97. The van der Waals surface area contributed by atoms with Crippen LogP contribution in [-0.4, -0.2) is 4.98 Å². The van der Waals surface area contributed by atoms with Gasteiger partial charge in [0.25, 0.3) is 0 Å². The average molecular weight is 172 g/mol. The van der Waals surface area contributed by atoms with Crippen LogP contribution in [0.5, 0.6) is 0 Å². The van der Waals surface area contributed by atoms with Crippen molar-refractivity contribution in [2.75, 3.05) is 0 Å². The molecule has 0 aliphatic heterocycles. The Hall–Kier alpha value is -1.41. The minimum atomic E-state index is 0.572. The van der Waals surface area contributed by atoms with Crippen LogP contribution >= 0.6 is 0 Å². The number of aromatic nitrogens is 1. The van der Waals surface area contributed by atoms with Crippen molar-refractivity contribution in [3.63, 3.8) is 0 Å². The van der Waals surface area contributed by atoms with Gasteiger partial charge in [0.05, 0.1) is 0 Å². The molecule has 0 spiro atoms. The molecule has 0 amide bonds. The number of hydrogen-bond acceptors (Lipinski definition) is 2. The summed E-state index contributed by atoms with van der Waals surface area (Å²) in [6.45, 7) is 2.64. The molecule has 2 aromatic rings. The molecule has 1 heterocycles. The quantitative estimate of drug-likeness (QED) is 0.714. The molecule has 0 radical (unpaired) electrons. The van der Waals surface area contributed by atoms with Gasteiger partial charge in [-0.15, -0.1) is 0 Å². The first-order valence-electron chi connectivity index (χ1n) is 4.35. The lowest BCUT2D eigenvalue weighted by Gasteiger charge is -2.04. The Morgan fingerprint density at radius 1 is 1.23 bits per heavy atom. The van der Waals surface area contributed by atoms with E-state index in [-0.39, 0.29) is 0 Å². The lowest BCUT2D eigenvalue weighted by molar-refractivity contribution is 1.08. The van der Waals surface area contributed by atoms with E-state index in [1.807, 2.05) is 24.5 Å². The molecular formula is C11H12N2. The van der Waals surface area contributed by atoms with Gasteiger partial charge in [0.2, 0.25) is 0 Å². The number of nitrogens with two attached hydrogens (primary N) is 1. The molecular weight excluding hydrogens is 160 g/mol. The zero-order chi connectivity index (χ0) is 9.26. The zero-order valence-electron chi connectivity index (χ0n) is 7.62. The van der Waals surface area contributed by atoms with E-state index in [9.17, 15) is 0 Å². The van der Waals surface area contributed by atoms with Gasteiger partial charge in [-0.2, -0.15) is 0 Å². The molecule has 1 aromatic heterocycles. The van der Waals surface area contributed by atoms with Crippen LogP contribution in [0.1, 0.15) is 11.1 Å². The predicted molar refractivity (Wildman–Crippen MR) is 54.4 cm³/mol. The van der Waals surface area contributed by atoms with E-state index in [1.54, 1.807) is 0 Å². The maximum absolute atomic E-state index is 5.64. The van der Waals surface area contributed by atoms with Gasteiger partial charge < -0.3 is 5.73 Å². The Morgan fingerprint density at radius 2 is 2.08 bits per heavy atom. The summed E-state index contributed by atoms with van der Waals surface area (Å²) >= 11 is 0. The van der Waals surface area contributed by atoms with E-state index in [1.165, 1.54) is 16.3 Å². The van der Waals surface area contributed by atoms with Crippen molar-refractivity contribution < 1.29 is 0 Å². The second-order valence-electron chi connectivity index (χ2n) is 3.17. The van der Waals surface area contributed by atoms with Crippen molar-refractivity contribution >= 4 is 10.8 Å². The first-order valence-corrected chi connectivity index (χ1v) is 4.35. The predicted octanol–water partition coefficient (Wildman–Crippen LogP) is 2.00. The van der Waals surface area contributed by atoms with Crippen molar-refractivity contribution in [2.45, 2.75) is 13.5 Å². The van der Waals surface area contributed by atoms with Gasteiger partial charge in [-0.25, -0.2) is 0 Å². The van der Waals surface area contributed by atoms with Gasteiger partial charge in [0.15, 0.2) is 0 Å². The average Bonchev–Trinajstić information content (AvgIpc) is 2.18. The van der Waals surface area contributed by atoms with Gasteiger partial charge in [-0.05, 0) is 23.4 Å². The number of aryl methyl sites for hydroxylation is 1. The van der Waals surface area contributed by atoms with E-state index in [4.69, 9.17) is 5.73 Å². The summed E-state index contributed by atoms with van der Waals surface area (Å²) in [5.74, 6) is 0. The van der Waals surface area contributed by atoms with E-state index < -0.39 is 0 Å². The Bertz CT molecular complexity index is 435. The highest BCUT2D eigenvalue weighted by molar-refractivity contribution is 5.87.